The summed E-state index contributed by atoms with van der Waals surface area (Å²) in [5.41, 5.74) is 1.33. The van der Waals surface area contributed by atoms with E-state index in [2.05, 4.69) is 43.2 Å². The lowest BCUT2D eigenvalue weighted by molar-refractivity contribution is 0.531. The molecule has 0 aliphatic heterocycles. The number of pyridine rings is 1. The molecule has 0 fully saturated rings. The molecular formula is C14H24N2. The minimum Gasteiger partial charge on any atom is -0.370 e. The number of nitrogens with one attached hydrogen (secondary N) is 1. The molecule has 1 rings (SSSR count). The van der Waals surface area contributed by atoms with Crippen molar-refractivity contribution in [3.63, 3.8) is 0 Å². The van der Waals surface area contributed by atoms with Gasteiger partial charge in [0.25, 0.3) is 0 Å². The fraction of sp³-hybridized carbons (Fsp3) is 0.643. The van der Waals surface area contributed by atoms with Gasteiger partial charge in [-0.15, -0.1) is 0 Å². The molecule has 0 amide bonds. The number of anilines is 1. The first-order valence-electron chi connectivity index (χ1n) is 6.45. The van der Waals surface area contributed by atoms with E-state index in [-0.39, 0.29) is 0 Å². The summed E-state index contributed by atoms with van der Waals surface area (Å²) in [7, 11) is 0. The van der Waals surface area contributed by atoms with Crippen LogP contribution in [0.2, 0.25) is 0 Å². The topological polar surface area (TPSA) is 24.9 Å². The van der Waals surface area contributed by atoms with E-state index in [4.69, 9.17) is 0 Å². The van der Waals surface area contributed by atoms with Crippen LogP contribution in [0.4, 0.5) is 5.82 Å². The second kappa shape index (κ2) is 7.26. The van der Waals surface area contributed by atoms with Crippen molar-refractivity contribution in [1.29, 1.82) is 0 Å². The molecule has 1 heterocycles. The molecule has 0 aliphatic rings. The molecule has 0 saturated carbocycles. The second-order valence-electron chi connectivity index (χ2n) is 4.53. The Morgan fingerprint density at radius 3 is 2.69 bits per heavy atom. The first kappa shape index (κ1) is 13.0. The van der Waals surface area contributed by atoms with Crippen LogP contribution in [0, 0.1) is 5.92 Å². The summed E-state index contributed by atoms with van der Waals surface area (Å²) >= 11 is 0. The average Bonchev–Trinajstić information content (AvgIpc) is 2.31. The predicted octanol–water partition coefficient (Wildman–Crippen LogP) is 3.88. The van der Waals surface area contributed by atoms with Gasteiger partial charge in [0.15, 0.2) is 0 Å². The minimum atomic E-state index is 0.798. The lowest BCUT2D eigenvalue weighted by Crippen LogP contribution is -2.07. The summed E-state index contributed by atoms with van der Waals surface area (Å²) in [5, 5.41) is 3.37. The zero-order valence-corrected chi connectivity index (χ0v) is 10.8. The van der Waals surface area contributed by atoms with E-state index >= 15 is 0 Å². The van der Waals surface area contributed by atoms with Crippen molar-refractivity contribution in [3.8, 4) is 0 Å². The van der Waals surface area contributed by atoms with E-state index in [9.17, 15) is 0 Å². The van der Waals surface area contributed by atoms with Crippen molar-refractivity contribution in [2.45, 2.75) is 46.5 Å². The van der Waals surface area contributed by atoms with Crippen molar-refractivity contribution >= 4 is 5.82 Å². The smallest absolute Gasteiger partial charge is 0.125 e. The third-order valence-corrected chi connectivity index (χ3v) is 3.00. The van der Waals surface area contributed by atoms with Crippen LogP contribution in [0.1, 0.15) is 45.6 Å². The van der Waals surface area contributed by atoms with Crippen molar-refractivity contribution in [2.24, 2.45) is 5.92 Å². The monoisotopic (exact) mass is 220 g/mol. The average molecular weight is 220 g/mol. The maximum Gasteiger partial charge on any atom is 0.125 e. The molecule has 0 aromatic carbocycles. The fourth-order valence-electron chi connectivity index (χ4n) is 1.62. The molecule has 1 aromatic heterocycles. The van der Waals surface area contributed by atoms with Crippen LogP contribution >= 0.6 is 0 Å². The Labute approximate surface area is 99.5 Å². The van der Waals surface area contributed by atoms with Gasteiger partial charge in [0.2, 0.25) is 0 Å². The number of hydrogen-bond acceptors (Lipinski definition) is 2. The van der Waals surface area contributed by atoms with Crippen LogP contribution in [-0.4, -0.2) is 11.5 Å². The molecule has 1 atom stereocenters. The van der Waals surface area contributed by atoms with Crippen molar-refractivity contribution in [3.05, 3.63) is 23.9 Å². The summed E-state index contributed by atoms with van der Waals surface area (Å²) in [6.07, 6.45) is 6.76. The van der Waals surface area contributed by atoms with Crippen molar-refractivity contribution in [2.75, 3.05) is 11.9 Å². The van der Waals surface area contributed by atoms with Gasteiger partial charge < -0.3 is 5.32 Å². The van der Waals surface area contributed by atoms with Gasteiger partial charge >= 0.3 is 0 Å². The number of aryl methyl sites for hydroxylation is 1. The third kappa shape index (κ3) is 4.65. The Morgan fingerprint density at radius 1 is 1.31 bits per heavy atom. The second-order valence-corrected chi connectivity index (χ2v) is 4.53. The maximum atomic E-state index is 4.41. The molecule has 0 aliphatic carbocycles. The molecule has 0 saturated heterocycles. The van der Waals surface area contributed by atoms with E-state index in [1.165, 1.54) is 24.8 Å². The largest absolute Gasteiger partial charge is 0.370 e. The van der Waals surface area contributed by atoms with E-state index in [1.807, 2.05) is 6.20 Å². The molecule has 16 heavy (non-hydrogen) atoms. The lowest BCUT2D eigenvalue weighted by Gasteiger charge is -2.10. The number of aromatic nitrogens is 1. The summed E-state index contributed by atoms with van der Waals surface area (Å²) in [6, 6.07) is 4.25. The van der Waals surface area contributed by atoms with Crippen LogP contribution in [-0.2, 0) is 6.42 Å². The third-order valence-electron chi connectivity index (χ3n) is 3.00. The van der Waals surface area contributed by atoms with Crippen LogP contribution in [0.5, 0.6) is 0 Å². The van der Waals surface area contributed by atoms with Gasteiger partial charge in [-0.3, -0.25) is 0 Å². The highest BCUT2D eigenvalue weighted by Crippen LogP contribution is 2.09. The molecule has 0 spiro atoms. The van der Waals surface area contributed by atoms with Gasteiger partial charge in [0.1, 0.15) is 5.82 Å². The Bertz CT molecular complexity index is 279. The Hall–Kier alpha value is -1.05. The summed E-state index contributed by atoms with van der Waals surface area (Å²) in [4.78, 5) is 4.41. The SMILES string of the molecule is CCCc1ccc(NCCC(C)CC)nc1. The lowest BCUT2D eigenvalue weighted by atomic mass is 10.1. The molecule has 2 nitrogen and oxygen atoms in total. The standard InChI is InChI=1S/C14H24N2/c1-4-6-13-7-8-14(16-11-13)15-10-9-12(3)5-2/h7-8,11-12H,4-6,9-10H2,1-3H3,(H,15,16). The van der Waals surface area contributed by atoms with Gasteiger partial charge in [-0.2, -0.15) is 0 Å². The van der Waals surface area contributed by atoms with Crippen LogP contribution in [0.25, 0.3) is 0 Å². The predicted molar refractivity (Wildman–Crippen MR) is 70.8 cm³/mol. The van der Waals surface area contributed by atoms with Crippen LogP contribution < -0.4 is 5.32 Å². The van der Waals surface area contributed by atoms with Gasteiger partial charge in [-0.1, -0.05) is 39.7 Å². The minimum absolute atomic E-state index is 0.798. The molecule has 1 unspecified atom stereocenters. The highest BCUT2D eigenvalue weighted by Gasteiger charge is 1.99. The Kier molecular flexibility index (Phi) is 5.91. The van der Waals surface area contributed by atoms with Crippen molar-refractivity contribution < 1.29 is 0 Å². The first-order valence-corrected chi connectivity index (χ1v) is 6.45. The zero-order valence-electron chi connectivity index (χ0n) is 10.8. The summed E-state index contributed by atoms with van der Waals surface area (Å²) < 4.78 is 0. The quantitative estimate of drug-likeness (QED) is 0.754. The van der Waals surface area contributed by atoms with E-state index in [1.54, 1.807) is 0 Å². The van der Waals surface area contributed by atoms with Gasteiger partial charge in [-0.25, -0.2) is 4.98 Å². The Balaban J connectivity index is 2.31. The fourth-order valence-corrected chi connectivity index (χ4v) is 1.62. The molecule has 0 bridgehead atoms. The number of nitrogens with zero attached hydrogens (tertiary/aromatic N) is 1. The molecule has 0 radical (unpaired) electrons. The maximum absolute atomic E-state index is 4.41. The number of hydrogen-bond donors (Lipinski definition) is 1. The molecule has 1 aromatic rings. The van der Waals surface area contributed by atoms with Gasteiger partial charge in [0.05, 0.1) is 0 Å². The van der Waals surface area contributed by atoms with Crippen molar-refractivity contribution in [1.82, 2.24) is 4.98 Å². The highest BCUT2D eigenvalue weighted by atomic mass is 15.0. The normalized spacial score (nSPS) is 12.4. The summed E-state index contributed by atoms with van der Waals surface area (Å²) in [6.45, 7) is 7.75. The van der Waals surface area contributed by atoms with E-state index in [0.717, 1.165) is 24.7 Å². The molecule has 2 heteroatoms. The molecule has 90 valence electrons. The highest BCUT2D eigenvalue weighted by molar-refractivity contribution is 5.35. The molecule has 1 N–H and O–H groups in total. The Morgan fingerprint density at radius 2 is 2.12 bits per heavy atom. The summed E-state index contributed by atoms with van der Waals surface area (Å²) in [5.74, 6) is 1.80. The number of rotatable bonds is 7. The van der Waals surface area contributed by atoms with Crippen LogP contribution in [0.3, 0.4) is 0 Å². The zero-order chi connectivity index (χ0) is 11.8. The van der Waals surface area contributed by atoms with Gasteiger partial charge in [0, 0.05) is 12.7 Å². The molecular weight excluding hydrogens is 196 g/mol. The van der Waals surface area contributed by atoms with E-state index < -0.39 is 0 Å². The van der Waals surface area contributed by atoms with E-state index in [0.29, 0.717) is 0 Å². The van der Waals surface area contributed by atoms with Crippen LogP contribution in [0.15, 0.2) is 18.3 Å². The first-order chi connectivity index (χ1) is 7.76. The van der Waals surface area contributed by atoms with Gasteiger partial charge in [-0.05, 0) is 30.4 Å².